The number of phenols is 1. The standard InChI is InChI=1S/C31H44ClN3O5/c1-7-8-9-10-11-12-18-35(26(37)20-33-30(39)40-31(4,5)6)28(23-16-17-25(36)22(3)19-23)29(38)34-27-21(2)14-13-15-24(27)32/h13-17,19,28,36H,7-12,18,20H2,1-6H3,(H,33,39)(H,34,38). The zero-order valence-electron chi connectivity index (χ0n) is 24.6. The van der Waals surface area contributed by atoms with E-state index in [4.69, 9.17) is 16.3 Å². The number of nitrogens with one attached hydrogen (secondary N) is 2. The van der Waals surface area contributed by atoms with Crippen LogP contribution < -0.4 is 10.6 Å². The highest BCUT2D eigenvalue weighted by atomic mass is 35.5. The molecule has 2 aromatic rings. The van der Waals surface area contributed by atoms with E-state index in [2.05, 4.69) is 17.6 Å². The van der Waals surface area contributed by atoms with E-state index in [0.29, 0.717) is 34.8 Å². The molecule has 0 radical (unpaired) electrons. The van der Waals surface area contributed by atoms with Crippen LogP contribution in [0, 0.1) is 13.8 Å². The van der Waals surface area contributed by atoms with Gasteiger partial charge in [-0.3, -0.25) is 9.59 Å². The topological polar surface area (TPSA) is 108 Å². The van der Waals surface area contributed by atoms with Crippen molar-refractivity contribution in [2.24, 2.45) is 0 Å². The van der Waals surface area contributed by atoms with Crippen molar-refractivity contribution < 1.29 is 24.2 Å². The predicted octanol–water partition coefficient (Wildman–Crippen LogP) is 7.06. The van der Waals surface area contributed by atoms with Crippen molar-refractivity contribution in [3.63, 3.8) is 0 Å². The molecule has 0 aliphatic heterocycles. The third kappa shape index (κ3) is 10.4. The number of para-hydroxylation sites is 1. The van der Waals surface area contributed by atoms with Gasteiger partial charge in [0.25, 0.3) is 5.91 Å². The summed E-state index contributed by atoms with van der Waals surface area (Å²) in [4.78, 5) is 41.3. The fourth-order valence-electron chi connectivity index (χ4n) is 4.33. The molecule has 0 heterocycles. The molecule has 220 valence electrons. The van der Waals surface area contributed by atoms with Crippen molar-refractivity contribution in [2.45, 2.75) is 91.7 Å². The molecule has 0 fully saturated rings. The van der Waals surface area contributed by atoms with Crippen molar-refractivity contribution in [1.29, 1.82) is 0 Å². The van der Waals surface area contributed by atoms with Crippen LogP contribution in [0.25, 0.3) is 0 Å². The van der Waals surface area contributed by atoms with Crippen LogP contribution in [0.1, 0.15) is 89.0 Å². The second-order valence-corrected chi connectivity index (χ2v) is 11.5. The Morgan fingerprint density at radius 2 is 1.68 bits per heavy atom. The highest BCUT2D eigenvalue weighted by Gasteiger charge is 2.32. The minimum atomic E-state index is -1.03. The first kappa shape index (κ1) is 32.9. The number of aryl methyl sites for hydroxylation is 2. The number of phenolic OH excluding ortho intramolecular Hbond substituents is 1. The van der Waals surface area contributed by atoms with Crippen LogP contribution in [-0.4, -0.2) is 46.6 Å². The van der Waals surface area contributed by atoms with Gasteiger partial charge >= 0.3 is 6.09 Å². The minimum Gasteiger partial charge on any atom is -0.508 e. The number of hydrogen-bond acceptors (Lipinski definition) is 5. The van der Waals surface area contributed by atoms with Gasteiger partial charge in [-0.15, -0.1) is 0 Å². The number of nitrogens with zero attached hydrogens (tertiary/aromatic N) is 1. The van der Waals surface area contributed by atoms with Crippen molar-refractivity contribution in [1.82, 2.24) is 10.2 Å². The molecule has 8 nitrogen and oxygen atoms in total. The van der Waals surface area contributed by atoms with Crippen LogP contribution in [0.15, 0.2) is 36.4 Å². The molecule has 0 aliphatic carbocycles. The van der Waals surface area contributed by atoms with Gasteiger partial charge in [-0.25, -0.2) is 4.79 Å². The number of rotatable bonds is 13. The van der Waals surface area contributed by atoms with Gasteiger partial charge in [0.05, 0.1) is 10.7 Å². The Bertz CT molecular complexity index is 1140. The quantitative estimate of drug-likeness (QED) is 0.222. The van der Waals surface area contributed by atoms with Gasteiger partial charge in [0.15, 0.2) is 0 Å². The van der Waals surface area contributed by atoms with E-state index in [-0.39, 0.29) is 12.3 Å². The van der Waals surface area contributed by atoms with Crippen LogP contribution in [0.4, 0.5) is 10.5 Å². The first-order valence-electron chi connectivity index (χ1n) is 14.0. The molecule has 1 atom stereocenters. The summed E-state index contributed by atoms with van der Waals surface area (Å²) in [7, 11) is 0. The molecule has 0 saturated carbocycles. The molecular formula is C31H44ClN3O5. The lowest BCUT2D eigenvalue weighted by Crippen LogP contribution is -2.47. The van der Waals surface area contributed by atoms with Crippen molar-refractivity contribution in [3.8, 4) is 5.75 Å². The molecule has 1 unspecified atom stereocenters. The third-order valence-corrected chi connectivity index (χ3v) is 6.74. The summed E-state index contributed by atoms with van der Waals surface area (Å²) in [5.74, 6) is -0.788. The first-order valence-corrected chi connectivity index (χ1v) is 14.3. The highest BCUT2D eigenvalue weighted by Crippen LogP contribution is 2.31. The fraction of sp³-hybridized carbons (Fsp3) is 0.516. The van der Waals surface area contributed by atoms with Crippen LogP contribution in [-0.2, 0) is 14.3 Å². The number of carbonyl (C=O) groups is 3. The maximum absolute atomic E-state index is 13.9. The summed E-state index contributed by atoms with van der Waals surface area (Å²) in [6.07, 6.45) is 5.29. The molecule has 40 heavy (non-hydrogen) atoms. The van der Waals surface area contributed by atoms with Crippen molar-refractivity contribution in [2.75, 3.05) is 18.4 Å². The Hall–Kier alpha value is -3.26. The summed E-state index contributed by atoms with van der Waals surface area (Å²) in [5.41, 5.74) is 1.64. The molecular weight excluding hydrogens is 530 g/mol. The molecule has 9 heteroatoms. The smallest absolute Gasteiger partial charge is 0.408 e. The normalized spacial score (nSPS) is 12.0. The summed E-state index contributed by atoms with van der Waals surface area (Å²) in [6.45, 7) is 10.9. The van der Waals surface area contributed by atoms with Crippen molar-refractivity contribution in [3.05, 3.63) is 58.1 Å². The van der Waals surface area contributed by atoms with Crippen LogP contribution in [0.5, 0.6) is 5.75 Å². The summed E-state index contributed by atoms with van der Waals surface area (Å²) in [5, 5.41) is 16.0. The van der Waals surface area contributed by atoms with Gasteiger partial charge in [0.1, 0.15) is 23.9 Å². The predicted molar refractivity (Wildman–Crippen MR) is 160 cm³/mol. The van der Waals surface area contributed by atoms with Crippen LogP contribution >= 0.6 is 11.6 Å². The highest BCUT2D eigenvalue weighted by molar-refractivity contribution is 6.34. The van der Waals surface area contributed by atoms with E-state index in [9.17, 15) is 19.5 Å². The average Bonchev–Trinajstić information content (AvgIpc) is 2.87. The molecule has 2 aromatic carbocycles. The van der Waals surface area contributed by atoms with Gasteiger partial charge in [0, 0.05) is 6.54 Å². The summed E-state index contributed by atoms with van der Waals surface area (Å²) >= 11 is 6.40. The number of halogens is 1. The molecule has 0 bridgehead atoms. The molecule has 0 spiro atoms. The monoisotopic (exact) mass is 573 g/mol. The fourth-order valence-corrected chi connectivity index (χ4v) is 4.60. The van der Waals surface area contributed by atoms with Crippen LogP contribution in [0.3, 0.4) is 0 Å². The Morgan fingerprint density at radius 1 is 1.00 bits per heavy atom. The van der Waals surface area contributed by atoms with E-state index < -0.39 is 29.6 Å². The van der Waals surface area contributed by atoms with E-state index in [1.54, 1.807) is 52.0 Å². The molecule has 0 aliphatic rings. The van der Waals surface area contributed by atoms with Gasteiger partial charge in [-0.05, 0) is 75.9 Å². The molecule has 3 amide bonds. The lowest BCUT2D eigenvalue weighted by atomic mass is 10.00. The first-order chi connectivity index (χ1) is 18.8. The SMILES string of the molecule is CCCCCCCCN(C(=O)CNC(=O)OC(C)(C)C)C(C(=O)Nc1c(C)cccc1Cl)c1ccc(O)c(C)c1. The number of anilines is 1. The maximum atomic E-state index is 13.9. The Balaban J connectivity index is 2.41. The lowest BCUT2D eigenvalue weighted by molar-refractivity contribution is -0.138. The largest absolute Gasteiger partial charge is 0.508 e. The number of aromatic hydroxyl groups is 1. The van der Waals surface area contributed by atoms with Crippen molar-refractivity contribution >= 4 is 35.2 Å². The second kappa shape index (κ2) is 15.5. The number of unbranched alkanes of at least 4 members (excludes halogenated alkanes) is 5. The maximum Gasteiger partial charge on any atom is 0.408 e. The summed E-state index contributed by atoms with van der Waals surface area (Å²) < 4.78 is 5.29. The number of carbonyl (C=O) groups excluding carboxylic acids is 3. The summed E-state index contributed by atoms with van der Waals surface area (Å²) in [6, 6.07) is 9.14. The number of benzene rings is 2. The zero-order chi connectivity index (χ0) is 29.9. The molecule has 2 rings (SSSR count). The van der Waals surface area contributed by atoms with E-state index >= 15 is 0 Å². The van der Waals surface area contributed by atoms with E-state index in [1.807, 2.05) is 13.0 Å². The number of hydrogen-bond donors (Lipinski definition) is 3. The Labute approximate surface area is 243 Å². The average molecular weight is 574 g/mol. The second-order valence-electron chi connectivity index (χ2n) is 11.1. The van der Waals surface area contributed by atoms with E-state index in [1.165, 1.54) is 11.0 Å². The minimum absolute atomic E-state index is 0.0882. The van der Waals surface area contributed by atoms with Gasteiger partial charge in [0.2, 0.25) is 5.91 Å². The number of amides is 3. The van der Waals surface area contributed by atoms with Gasteiger partial charge in [-0.2, -0.15) is 0 Å². The Morgan fingerprint density at radius 3 is 2.30 bits per heavy atom. The van der Waals surface area contributed by atoms with Crippen LogP contribution in [0.2, 0.25) is 5.02 Å². The number of alkyl carbamates (subject to hydrolysis) is 1. The van der Waals surface area contributed by atoms with Gasteiger partial charge in [-0.1, -0.05) is 68.8 Å². The Kier molecular flexibility index (Phi) is 12.8. The third-order valence-electron chi connectivity index (χ3n) is 6.42. The molecule has 0 saturated heterocycles. The molecule has 0 aromatic heterocycles. The van der Waals surface area contributed by atoms with Gasteiger partial charge < -0.3 is 25.4 Å². The molecule has 3 N–H and O–H groups in total. The lowest BCUT2D eigenvalue weighted by Gasteiger charge is -2.32. The van der Waals surface area contributed by atoms with E-state index in [0.717, 1.165) is 37.7 Å². The number of ether oxygens (including phenoxy) is 1. The zero-order valence-corrected chi connectivity index (χ0v) is 25.4.